The summed E-state index contributed by atoms with van der Waals surface area (Å²) in [7, 11) is 0. The Morgan fingerprint density at radius 3 is 2.93 bits per heavy atom. The zero-order valence-electron chi connectivity index (χ0n) is 15.7. The van der Waals surface area contributed by atoms with Crippen LogP contribution < -0.4 is 15.4 Å². The van der Waals surface area contributed by atoms with Gasteiger partial charge in [-0.1, -0.05) is 11.6 Å². The van der Waals surface area contributed by atoms with Gasteiger partial charge in [-0.15, -0.1) is 0 Å². The first-order valence-corrected chi connectivity index (χ1v) is 10.2. The molecule has 2 bridgehead atoms. The van der Waals surface area contributed by atoms with Crippen molar-refractivity contribution < 1.29 is 4.74 Å². The molecule has 5 rings (SSSR count). The van der Waals surface area contributed by atoms with Crippen LogP contribution in [0.2, 0.25) is 5.02 Å². The largest absolute Gasteiger partial charge is 0.473 e. The van der Waals surface area contributed by atoms with Crippen molar-refractivity contribution in [1.29, 1.82) is 5.26 Å². The molecule has 2 saturated heterocycles. The van der Waals surface area contributed by atoms with Gasteiger partial charge in [0.05, 0.1) is 27.9 Å². The maximum atomic E-state index is 9.00. The summed E-state index contributed by atoms with van der Waals surface area (Å²) < 4.78 is 6.48. The fourth-order valence-corrected chi connectivity index (χ4v) is 5.01. The van der Waals surface area contributed by atoms with Crippen LogP contribution in [0.1, 0.15) is 43.2 Å². The summed E-state index contributed by atoms with van der Waals surface area (Å²) in [6.45, 7) is 1.96. The summed E-state index contributed by atoms with van der Waals surface area (Å²) in [5, 5.41) is 16.5. The minimum atomic E-state index is 0.214. The van der Waals surface area contributed by atoms with Crippen molar-refractivity contribution in [1.82, 2.24) is 15.3 Å². The van der Waals surface area contributed by atoms with Crippen molar-refractivity contribution in [3.63, 3.8) is 0 Å². The van der Waals surface area contributed by atoms with E-state index >= 15 is 0 Å². The lowest BCUT2D eigenvalue weighted by Gasteiger charge is -2.38. The Morgan fingerprint density at radius 1 is 1.32 bits per heavy atom. The van der Waals surface area contributed by atoms with Crippen LogP contribution in [0.15, 0.2) is 24.5 Å². The van der Waals surface area contributed by atoms with Gasteiger partial charge in [0.15, 0.2) is 0 Å². The molecule has 7 heteroatoms. The van der Waals surface area contributed by atoms with Crippen LogP contribution in [0, 0.1) is 23.7 Å². The smallest absolute Gasteiger partial charge is 0.221 e. The summed E-state index contributed by atoms with van der Waals surface area (Å²) in [6, 6.07) is 8.40. The Morgan fingerprint density at radius 2 is 2.18 bits per heavy atom. The second-order valence-corrected chi connectivity index (χ2v) is 8.56. The number of aromatic nitrogens is 2. The normalized spacial score (nSPS) is 26.7. The SMILES string of the molecule is Cc1c(Nc2ccc(C#N)cc2Cl)ncnc1OC1CC2CCC(N2)C12CC2. The van der Waals surface area contributed by atoms with Crippen LogP contribution in [-0.4, -0.2) is 28.2 Å². The van der Waals surface area contributed by atoms with E-state index < -0.39 is 0 Å². The summed E-state index contributed by atoms with van der Waals surface area (Å²) >= 11 is 6.30. The number of benzene rings is 1. The van der Waals surface area contributed by atoms with E-state index in [0.29, 0.717) is 40.1 Å². The number of nitrogens with one attached hydrogen (secondary N) is 2. The Bertz CT molecular complexity index is 968. The van der Waals surface area contributed by atoms with Crippen LogP contribution in [0.4, 0.5) is 11.5 Å². The molecule has 3 unspecified atom stereocenters. The third-order valence-corrected chi connectivity index (χ3v) is 6.86. The van der Waals surface area contributed by atoms with Crippen LogP contribution in [0.5, 0.6) is 5.88 Å². The number of ether oxygens (including phenoxy) is 1. The van der Waals surface area contributed by atoms with E-state index in [9.17, 15) is 0 Å². The number of fused-ring (bicyclic) bond motifs is 3. The van der Waals surface area contributed by atoms with Crippen LogP contribution >= 0.6 is 11.6 Å². The highest BCUT2D eigenvalue weighted by Gasteiger charge is 2.61. The van der Waals surface area contributed by atoms with Crippen molar-refractivity contribution >= 4 is 23.1 Å². The maximum Gasteiger partial charge on any atom is 0.221 e. The zero-order valence-corrected chi connectivity index (χ0v) is 16.5. The molecule has 6 nitrogen and oxygen atoms in total. The number of nitrogens with zero attached hydrogens (tertiary/aromatic N) is 3. The monoisotopic (exact) mass is 395 g/mol. The quantitative estimate of drug-likeness (QED) is 0.810. The molecule has 2 aromatic rings. The van der Waals surface area contributed by atoms with E-state index in [1.807, 2.05) is 6.92 Å². The van der Waals surface area contributed by atoms with Gasteiger partial charge in [0.2, 0.25) is 5.88 Å². The van der Waals surface area contributed by atoms with Crippen LogP contribution in [-0.2, 0) is 0 Å². The van der Waals surface area contributed by atoms with Crippen LogP contribution in [0.25, 0.3) is 0 Å². The molecule has 3 atom stereocenters. The van der Waals surface area contributed by atoms with E-state index in [-0.39, 0.29) is 11.5 Å². The summed E-state index contributed by atoms with van der Waals surface area (Å²) in [6.07, 6.45) is 7.76. The molecule has 3 heterocycles. The van der Waals surface area contributed by atoms with Gasteiger partial charge >= 0.3 is 0 Å². The molecule has 2 aliphatic heterocycles. The molecule has 1 spiro atoms. The number of hydrogen-bond donors (Lipinski definition) is 2. The minimum absolute atomic E-state index is 0.214. The molecule has 1 aromatic carbocycles. The Kier molecular flexibility index (Phi) is 4.18. The first-order chi connectivity index (χ1) is 13.6. The van der Waals surface area contributed by atoms with E-state index in [1.165, 1.54) is 32.0 Å². The highest BCUT2D eigenvalue weighted by molar-refractivity contribution is 6.33. The third kappa shape index (κ3) is 2.90. The van der Waals surface area contributed by atoms with Gasteiger partial charge < -0.3 is 15.4 Å². The molecule has 3 fully saturated rings. The predicted octanol–water partition coefficient (Wildman–Crippen LogP) is 4.11. The molecule has 2 N–H and O–H groups in total. The predicted molar refractivity (Wildman–Crippen MR) is 107 cm³/mol. The Hall–Kier alpha value is -2.36. The molecule has 1 aromatic heterocycles. The van der Waals surface area contributed by atoms with Crippen molar-refractivity contribution in [3.05, 3.63) is 40.7 Å². The molecule has 0 radical (unpaired) electrons. The average molecular weight is 396 g/mol. The topological polar surface area (TPSA) is 82.9 Å². The van der Waals surface area contributed by atoms with Crippen molar-refractivity contribution in [2.24, 2.45) is 5.41 Å². The van der Waals surface area contributed by atoms with Gasteiger partial charge in [0.1, 0.15) is 18.2 Å². The number of rotatable bonds is 4. The molecule has 1 saturated carbocycles. The molecular formula is C21H22ClN5O. The maximum absolute atomic E-state index is 9.00. The second-order valence-electron chi connectivity index (χ2n) is 8.15. The van der Waals surface area contributed by atoms with Gasteiger partial charge in [-0.2, -0.15) is 5.26 Å². The highest BCUT2D eigenvalue weighted by atomic mass is 35.5. The Labute approximate surface area is 169 Å². The highest BCUT2D eigenvalue weighted by Crippen LogP contribution is 2.59. The number of piperidine rings is 1. The first-order valence-electron chi connectivity index (χ1n) is 9.80. The molecule has 1 aliphatic carbocycles. The minimum Gasteiger partial charge on any atom is -0.473 e. The lowest BCUT2D eigenvalue weighted by atomic mass is 9.85. The molecule has 144 valence electrons. The van der Waals surface area contributed by atoms with Gasteiger partial charge in [-0.3, -0.25) is 0 Å². The van der Waals surface area contributed by atoms with E-state index in [1.54, 1.807) is 18.2 Å². The van der Waals surface area contributed by atoms with Gasteiger partial charge in [0, 0.05) is 23.9 Å². The number of nitriles is 1. The third-order valence-electron chi connectivity index (χ3n) is 6.54. The fraction of sp³-hybridized carbons (Fsp3) is 0.476. The summed E-state index contributed by atoms with van der Waals surface area (Å²) in [5.41, 5.74) is 2.37. The van der Waals surface area contributed by atoms with E-state index in [2.05, 4.69) is 26.7 Å². The molecule has 0 amide bonds. The number of hydrogen-bond acceptors (Lipinski definition) is 6. The van der Waals surface area contributed by atoms with Crippen molar-refractivity contribution in [2.45, 2.75) is 57.2 Å². The number of halogens is 1. The number of anilines is 2. The zero-order chi connectivity index (χ0) is 19.3. The average Bonchev–Trinajstić information content (AvgIpc) is 3.39. The molecule has 28 heavy (non-hydrogen) atoms. The van der Waals surface area contributed by atoms with Gasteiger partial charge in [-0.25, -0.2) is 9.97 Å². The fourth-order valence-electron chi connectivity index (χ4n) is 4.78. The molecular weight excluding hydrogens is 374 g/mol. The second kappa shape index (κ2) is 6.61. The van der Waals surface area contributed by atoms with Gasteiger partial charge in [-0.05, 0) is 50.8 Å². The lowest BCUT2D eigenvalue weighted by molar-refractivity contribution is 0.0528. The van der Waals surface area contributed by atoms with Crippen LogP contribution in [0.3, 0.4) is 0 Å². The Balaban J connectivity index is 1.38. The summed E-state index contributed by atoms with van der Waals surface area (Å²) in [5.74, 6) is 1.30. The summed E-state index contributed by atoms with van der Waals surface area (Å²) in [4.78, 5) is 8.79. The van der Waals surface area contributed by atoms with E-state index in [0.717, 1.165) is 12.0 Å². The van der Waals surface area contributed by atoms with Gasteiger partial charge in [0.25, 0.3) is 0 Å². The van der Waals surface area contributed by atoms with E-state index in [4.69, 9.17) is 21.6 Å². The van der Waals surface area contributed by atoms with Crippen molar-refractivity contribution in [3.8, 4) is 11.9 Å². The standard InChI is InChI=1S/C21H22ClN5O/c1-12-19(27-16-4-2-13(10-23)8-15(16)22)24-11-25-20(12)28-18-9-14-3-5-17(26-14)21(18)6-7-21/h2,4,8,11,14,17-18,26H,3,5-7,9H2,1H3,(H,24,25,27). The van der Waals surface area contributed by atoms with Crippen molar-refractivity contribution in [2.75, 3.05) is 5.32 Å². The first kappa shape index (κ1) is 17.7. The lowest BCUT2D eigenvalue weighted by Crippen LogP contribution is -2.51. The molecule has 3 aliphatic rings.